The maximum absolute atomic E-state index is 2.38. The Morgan fingerprint density at radius 2 is 0.538 bits per heavy atom. The maximum Gasteiger partial charge on any atom is -0.00203 e. The molecule has 52 heavy (non-hydrogen) atoms. The molecule has 0 atom stereocenters. The first-order chi connectivity index (χ1) is 25.7. The minimum absolute atomic E-state index is 1.25. The van der Waals surface area contributed by atoms with E-state index in [-0.39, 0.29) is 0 Å². The minimum Gasteiger partial charge on any atom is -0.0616 e. The zero-order chi connectivity index (χ0) is 33.9. The third-order valence-corrected chi connectivity index (χ3v) is 11.7. The molecule has 238 valence electrons. The summed E-state index contributed by atoms with van der Waals surface area (Å²) in [6.45, 7) is 0. The van der Waals surface area contributed by atoms with Crippen LogP contribution in [0.1, 0.15) is 0 Å². The molecule has 0 aliphatic heterocycles. The summed E-state index contributed by atoms with van der Waals surface area (Å²) in [4.78, 5) is 0. The number of fused-ring (bicyclic) bond motifs is 8. The molecule has 0 amide bonds. The van der Waals surface area contributed by atoms with Crippen molar-refractivity contribution in [1.29, 1.82) is 0 Å². The molecule has 12 aromatic rings. The van der Waals surface area contributed by atoms with Crippen molar-refractivity contribution in [2.45, 2.75) is 0 Å². The molecule has 0 fully saturated rings. The average molecular weight is 655 g/mol. The highest BCUT2D eigenvalue weighted by Crippen LogP contribution is 2.44. The van der Waals surface area contributed by atoms with Gasteiger partial charge in [-0.25, -0.2) is 0 Å². The molecule has 0 bridgehead atoms. The molecular formula is C52H30. The molecule has 0 aromatic heterocycles. The second-order valence-electron chi connectivity index (χ2n) is 14.5. The average Bonchev–Trinajstić information content (AvgIpc) is 3.20. The molecule has 12 aromatic carbocycles. The van der Waals surface area contributed by atoms with Crippen LogP contribution in [0.2, 0.25) is 0 Å². The summed E-state index contributed by atoms with van der Waals surface area (Å²) in [6, 6.07) is 68.3. The van der Waals surface area contributed by atoms with Crippen LogP contribution in [-0.4, -0.2) is 0 Å². The largest absolute Gasteiger partial charge is 0.0616 e. The van der Waals surface area contributed by atoms with Crippen LogP contribution >= 0.6 is 0 Å². The molecule has 0 heteroatoms. The number of rotatable bonds is 2. The highest BCUT2D eigenvalue weighted by Gasteiger charge is 2.16. The second-order valence-corrected chi connectivity index (χ2v) is 14.5. The van der Waals surface area contributed by atoms with Gasteiger partial charge in [0.1, 0.15) is 0 Å². The summed E-state index contributed by atoms with van der Waals surface area (Å²) >= 11 is 0. The third-order valence-electron chi connectivity index (χ3n) is 11.7. The fraction of sp³-hybridized carbons (Fsp3) is 0. The molecule has 0 aliphatic carbocycles. The first-order valence-corrected chi connectivity index (χ1v) is 18.2. The van der Waals surface area contributed by atoms with Gasteiger partial charge in [-0.05, 0) is 156 Å². The van der Waals surface area contributed by atoms with Crippen LogP contribution in [0.15, 0.2) is 182 Å². The van der Waals surface area contributed by atoms with Gasteiger partial charge in [0.25, 0.3) is 0 Å². The fourth-order valence-electron chi connectivity index (χ4n) is 9.15. The zero-order valence-corrected chi connectivity index (χ0v) is 28.3. The van der Waals surface area contributed by atoms with Crippen molar-refractivity contribution in [2.24, 2.45) is 0 Å². The van der Waals surface area contributed by atoms with Crippen molar-refractivity contribution < 1.29 is 0 Å². The standard InChI is InChI=1S/C52H30/c1-3-7-35-29-49-41(25-33(35)5-1)11-9-37-27-39(17-21-45(37)49)43-19-13-31-16-24-48-44(20-14-32-15-23-47(43)51(31)52(32)48)40-18-22-46-38(28-40)10-12-42-26-34-6-2-4-8-36(34)30-50(42)46/h1-30H. The Morgan fingerprint density at radius 3 is 0.981 bits per heavy atom. The van der Waals surface area contributed by atoms with E-state index in [4.69, 9.17) is 0 Å². The smallest absolute Gasteiger partial charge is 0.00203 e. The third kappa shape index (κ3) is 3.98. The Hall–Kier alpha value is -6.76. The van der Waals surface area contributed by atoms with Crippen LogP contribution in [0.25, 0.3) is 119 Å². The number of hydrogen-bond donors (Lipinski definition) is 0. The van der Waals surface area contributed by atoms with Crippen molar-refractivity contribution in [2.75, 3.05) is 0 Å². The lowest BCUT2D eigenvalue weighted by Gasteiger charge is -2.17. The second kappa shape index (κ2) is 10.4. The van der Waals surface area contributed by atoms with Gasteiger partial charge in [-0.15, -0.1) is 0 Å². The SMILES string of the molecule is c1ccc2cc3c(ccc4cc(-c5ccc6ccc7c(-c8ccc9c(ccc%10cc%11ccccc%11cc%109)c8)ccc8ccc5c6c87)ccc43)cc2c1. The minimum atomic E-state index is 1.25. The monoisotopic (exact) mass is 654 g/mol. The van der Waals surface area contributed by atoms with Gasteiger partial charge < -0.3 is 0 Å². The van der Waals surface area contributed by atoms with E-state index in [1.54, 1.807) is 0 Å². The highest BCUT2D eigenvalue weighted by atomic mass is 14.2. The first-order valence-electron chi connectivity index (χ1n) is 18.2. The Balaban J connectivity index is 1.03. The van der Waals surface area contributed by atoms with Crippen LogP contribution in [0.5, 0.6) is 0 Å². The van der Waals surface area contributed by atoms with E-state index in [1.165, 1.54) is 119 Å². The molecule has 0 N–H and O–H groups in total. The van der Waals surface area contributed by atoms with Crippen molar-refractivity contribution in [3.05, 3.63) is 182 Å². The lowest BCUT2D eigenvalue weighted by atomic mass is 9.86. The molecule has 0 nitrogen and oxygen atoms in total. The van der Waals surface area contributed by atoms with Crippen LogP contribution in [0.4, 0.5) is 0 Å². The van der Waals surface area contributed by atoms with Crippen LogP contribution in [0.3, 0.4) is 0 Å². The normalized spacial score (nSPS) is 12.2. The van der Waals surface area contributed by atoms with E-state index in [2.05, 4.69) is 182 Å². The van der Waals surface area contributed by atoms with E-state index in [1.807, 2.05) is 0 Å². The highest BCUT2D eigenvalue weighted by molar-refractivity contribution is 6.28. The van der Waals surface area contributed by atoms with Gasteiger partial charge >= 0.3 is 0 Å². The first kappa shape index (κ1) is 28.0. The topological polar surface area (TPSA) is 0 Å². The summed E-state index contributed by atoms with van der Waals surface area (Å²) in [5.74, 6) is 0. The molecular weight excluding hydrogens is 625 g/mol. The Morgan fingerprint density at radius 1 is 0.192 bits per heavy atom. The summed E-state index contributed by atoms with van der Waals surface area (Å²) in [5.41, 5.74) is 5.05. The lowest BCUT2D eigenvalue weighted by molar-refractivity contribution is 1.69. The summed E-state index contributed by atoms with van der Waals surface area (Å²) in [7, 11) is 0. The fourth-order valence-corrected chi connectivity index (χ4v) is 9.15. The molecule has 0 saturated carbocycles. The van der Waals surface area contributed by atoms with Gasteiger partial charge in [-0.1, -0.05) is 146 Å². The molecule has 0 saturated heterocycles. The Kier molecular flexibility index (Phi) is 5.59. The molecule has 0 unspecified atom stereocenters. The summed E-state index contributed by atoms with van der Waals surface area (Å²) in [6.07, 6.45) is 0. The van der Waals surface area contributed by atoms with Crippen LogP contribution in [-0.2, 0) is 0 Å². The van der Waals surface area contributed by atoms with E-state index in [0.29, 0.717) is 0 Å². The Labute approximate surface area is 300 Å². The molecule has 0 radical (unpaired) electrons. The quantitative estimate of drug-likeness (QED) is 0.129. The number of hydrogen-bond acceptors (Lipinski definition) is 0. The van der Waals surface area contributed by atoms with Gasteiger partial charge in [0.15, 0.2) is 0 Å². The van der Waals surface area contributed by atoms with Crippen molar-refractivity contribution in [3.63, 3.8) is 0 Å². The predicted octanol–water partition coefficient (Wildman–Crippen LogP) is 14.8. The number of benzene rings is 12. The van der Waals surface area contributed by atoms with E-state index in [0.717, 1.165) is 0 Å². The van der Waals surface area contributed by atoms with Gasteiger partial charge in [-0.2, -0.15) is 0 Å². The van der Waals surface area contributed by atoms with Gasteiger partial charge in [0.2, 0.25) is 0 Å². The van der Waals surface area contributed by atoms with E-state index >= 15 is 0 Å². The maximum atomic E-state index is 2.38. The molecule has 0 aliphatic rings. The van der Waals surface area contributed by atoms with Crippen LogP contribution in [0, 0.1) is 0 Å². The van der Waals surface area contributed by atoms with Crippen molar-refractivity contribution >= 4 is 97.0 Å². The van der Waals surface area contributed by atoms with Crippen LogP contribution < -0.4 is 0 Å². The van der Waals surface area contributed by atoms with Gasteiger partial charge in [0, 0.05) is 0 Å². The Bertz CT molecular complexity index is 3220. The van der Waals surface area contributed by atoms with Crippen molar-refractivity contribution in [3.8, 4) is 22.3 Å². The predicted molar refractivity (Wildman–Crippen MR) is 226 cm³/mol. The zero-order valence-electron chi connectivity index (χ0n) is 28.3. The summed E-state index contributed by atoms with van der Waals surface area (Å²) in [5, 5.41) is 23.3. The molecule has 12 rings (SSSR count). The van der Waals surface area contributed by atoms with Gasteiger partial charge in [-0.3, -0.25) is 0 Å². The summed E-state index contributed by atoms with van der Waals surface area (Å²) < 4.78 is 0. The van der Waals surface area contributed by atoms with Crippen molar-refractivity contribution in [1.82, 2.24) is 0 Å². The lowest BCUT2D eigenvalue weighted by Crippen LogP contribution is -1.90. The molecule has 0 spiro atoms. The van der Waals surface area contributed by atoms with E-state index < -0.39 is 0 Å². The van der Waals surface area contributed by atoms with Gasteiger partial charge in [0.05, 0.1) is 0 Å². The van der Waals surface area contributed by atoms with E-state index in [9.17, 15) is 0 Å². The molecule has 0 heterocycles.